The van der Waals surface area contributed by atoms with Crippen molar-refractivity contribution in [1.29, 1.82) is 0 Å². The summed E-state index contributed by atoms with van der Waals surface area (Å²) in [6, 6.07) is 7.73. The molecule has 4 rings (SSSR count). The maximum Gasteiger partial charge on any atom is 0.234 e. The van der Waals surface area contributed by atoms with E-state index in [1.54, 1.807) is 0 Å². The number of rotatable bonds is 6. The van der Waals surface area contributed by atoms with Crippen molar-refractivity contribution in [3.63, 3.8) is 0 Å². The number of morpholine rings is 2. The van der Waals surface area contributed by atoms with Crippen molar-refractivity contribution in [2.45, 2.75) is 12.1 Å². The van der Waals surface area contributed by atoms with Gasteiger partial charge >= 0.3 is 0 Å². The Balaban J connectivity index is 1.46. The molecule has 2 saturated heterocycles. The third-order valence-corrected chi connectivity index (χ3v) is 5.69. The Morgan fingerprint density at radius 3 is 2.00 bits per heavy atom. The molecule has 2 fully saturated rings. The molecule has 0 unspecified atom stereocenters. The van der Waals surface area contributed by atoms with Gasteiger partial charge in [0, 0.05) is 31.9 Å². The molecule has 160 valence electrons. The monoisotopic (exact) mass is 430 g/mol. The van der Waals surface area contributed by atoms with Gasteiger partial charge in [0.2, 0.25) is 17.8 Å². The highest BCUT2D eigenvalue weighted by atomic mass is 32.2. The Kier molecular flexibility index (Phi) is 6.98. The average Bonchev–Trinajstić information content (AvgIpc) is 2.80. The van der Waals surface area contributed by atoms with Gasteiger partial charge in [-0.1, -0.05) is 29.5 Å². The summed E-state index contributed by atoms with van der Waals surface area (Å²) in [4.78, 5) is 30.5. The average molecular weight is 431 g/mol. The molecule has 1 amide bonds. The van der Waals surface area contributed by atoms with Crippen LogP contribution in [-0.4, -0.2) is 79.2 Å². The van der Waals surface area contributed by atoms with Crippen LogP contribution in [0.15, 0.2) is 29.4 Å². The number of hydrogen-bond donors (Lipinski definition) is 1. The lowest BCUT2D eigenvalue weighted by Crippen LogP contribution is -2.40. The van der Waals surface area contributed by atoms with Crippen molar-refractivity contribution < 1.29 is 14.3 Å². The molecule has 2 aliphatic rings. The van der Waals surface area contributed by atoms with E-state index in [9.17, 15) is 4.79 Å². The molecule has 10 heteroatoms. The Bertz CT molecular complexity index is 818. The van der Waals surface area contributed by atoms with Gasteiger partial charge in [0.05, 0.1) is 32.2 Å². The maximum absolute atomic E-state index is 12.4. The Morgan fingerprint density at radius 2 is 1.47 bits per heavy atom. The van der Waals surface area contributed by atoms with Crippen LogP contribution in [0, 0.1) is 6.92 Å². The summed E-state index contributed by atoms with van der Waals surface area (Å²) in [6.45, 7) is 7.59. The minimum atomic E-state index is -0.0925. The number of aryl methyl sites for hydroxylation is 1. The molecule has 0 atom stereocenters. The van der Waals surface area contributed by atoms with Gasteiger partial charge in [-0.05, 0) is 19.1 Å². The van der Waals surface area contributed by atoms with Gasteiger partial charge in [0.15, 0.2) is 5.16 Å². The largest absolute Gasteiger partial charge is 0.378 e. The van der Waals surface area contributed by atoms with Crippen LogP contribution in [0.5, 0.6) is 0 Å². The van der Waals surface area contributed by atoms with Crippen molar-refractivity contribution in [2.75, 3.05) is 73.5 Å². The Labute approximate surface area is 180 Å². The molecule has 3 heterocycles. The van der Waals surface area contributed by atoms with E-state index in [4.69, 9.17) is 9.47 Å². The third-order valence-electron chi connectivity index (χ3n) is 4.85. The molecule has 0 radical (unpaired) electrons. The van der Waals surface area contributed by atoms with Gasteiger partial charge in [-0.2, -0.15) is 15.0 Å². The van der Waals surface area contributed by atoms with Gasteiger partial charge in [-0.15, -0.1) is 0 Å². The van der Waals surface area contributed by atoms with Gasteiger partial charge in [0.1, 0.15) is 0 Å². The smallest absolute Gasteiger partial charge is 0.234 e. The summed E-state index contributed by atoms with van der Waals surface area (Å²) in [6.07, 6.45) is 0. The summed E-state index contributed by atoms with van der Waals surface area (Å²) in [7, 11) is 0. The number of ether oxygens (including phenoxy) is 2. The fraction of sp³-hybridized carbons (Fsp3) is 0.500. The molecule has 0 aliphatic carbocycles. The molecule has 1 N–H and O–H groups in total. The Hall–Kier alpha value is -2.43. The van der Waals surface area contributed by atoms with Crippen LogP contribution >= 0.6 is 11.8 Å². The number of nitrogens with one attached hydrogen (secondary N) is 1. The summed E-state index contributed by atoms with van der Waals surface area (Å²) in [5.74, 6) is 1.40. The molecule has 0 spiro atoms. The number of carbonyl (C=O) groups excluding carboxylic acids is 1. The van der Waals surface area contributed by atoms with Crippen LogP contribution in [0.25, 0.3) is 0 Å². The first-order valence-electron chi connectivity index (χ1n) is 10.1. The summed E-state index contributed by atoms with van der Waals surface area (Å²) in [5, 5.41) is 3.46. The van der Waals surface area contributed by atoms with Crippen molar-refractivity contribution in [1.82, 2.24) is 15.0 Å². The highest BCUT2D eigenvalue weighted by Gasteiger charge is 2.21. The second-order valence-corrected chi connectivity index (χ2v) is 8.06. The van der Waals surface area contributed by atoms with Gasteiger partial charge in [0.25, 0.3) is 0 Å². The van der Waals surface area contributed by atoms with Gasteiger partial charge < -0.3 is 24.6 Å². The van der Waals surface area contributed by atoms with Crippen LogP contribution in [0.3, 0.4) is 0 Å². The van der Waals surface area contributed by atoms with Crippen molar-refractivity contribution in [2.24, 2.45) is 0 Å². The maximum atomic E-state index is 12.4. The van der Waals surface area contributed by atoms with E-state index >= 15 is 0 Å². The fourth-order valence-electron chi connectivity index (χ4n) is 3.17. The van der Waals surface area contributed by atoms with Crippen LogP contribution < -0.4 is 15.1 Å². The van der Waals surface area contributed by atoms with Crippen LogP contribution in [-0.2, 0) is 14.3 Å². The fourth-order valence-corrected chi connectivity index (χ4v) is 3.80. The predicted octanol–water partition coefficient (Wildman–Crippen LogP) is 1.58. The predicted molar refractivity (Wildman–Crippen MR) is 116 cm³/mol. The van der Waals surface area contributed by atoms with E-state index in [0.717, 1.165) is 37.4 Å². The lowest BCUT2D eigenvalue weighted by atomic mass is 10.2. The molecule has 2 aromatic rings. The topological polar surface area (TPSA) is 92.7 Å². The quantitative estimate of drug-likeness (QED) is 0.686. The number of amides is 1. The molecule has 2 aliphatic heterocycles. The first-order valence-corrected chi connectivity index (χ1v) is 11.1. The van der Waals surface area contributed by atoms with Gasteiger partial charge in [-0.25, -0.2) is 0 Å². The van der Waals surface area contributed by atoms with E-state index in [2.05, 4.69) is 30.1 Å². The Morgan fingerprint density at radius 1 is 0.933 bits per heavy atom. The number of benzene rings is 1. The second-order valence-electron chi connectivity index (χ2n) is 7.12. The van der Waals surface area contributed by atoms with E-state index in [1.807, 2.05) is 31.2 Å². The van der Waals surface area contributed by atoms with Gasteiger partial charge in [-0.3, -0.25) is 4.79 Å². The van der Waals surface area contributed by atoms with E-state index in [-0.39, 0.29) is 11.7 Å². The molecule has 1 aromatic carbocycles. The number of hydrogen-bond acceptors (Lipinski definition) is 9. The molecule has 9 nitrogen and oxygen atoms in total. The van der Waals surface area contributed by atoms with Crippen LogP contribution in [0.2, 0.25) is 0 Å². The van der Waals surface area contributed by atoms with Crippen molar-refractivity contribution in [3.8, 4) is 0 Å². The van der Waals surface area contributed by atoms with Crippen LogP contribution in [0.1, 0.15) is 5.56 Å². The minimum absolute atomic E-state index is 0.0925. The van der Waals surface area contributed by atoms with Crippen LogP contribution in [0.4, 0.5) is 17.6 Å². The minimum Gasteiger partial charge on any atom is -0.378 e. The number of aromatic nitrogens is 3. The molecule has 0 saturated carbocycles. The third kappa shape index (κ3) is 5.59. The lowest BCUT2D eigenvalue weighted by Gasteiger charge is -2.30. The number of anilines is 3. The van der Waals surface area contributed by atoms with E-state index in [1.165, 1.54) is 11.8 Å². The standard InChI is InChI=1S/C20H26N6O3S/c1-15-2-4-16(5-3-15)21-17(27)14-30-20-23-18(25-6-10-28-11-7-25)22-19(24-20)26-8-12-29-13-9-26/h2-5H,6-14H2,1H3,(H,21,27). The molecule has 1 aromatic heterocycles. The van der Waals surface area contributed by atoms with Crippen molar-refractivity contribution >= 4 is 35.3 Å². The zero-order valence-electron chi connectivity index (χ0n) is 17.0. The highest BCUT2D eigenvalue weighted by Crippen LogP contribution is 2.22. The first kappa shape index (κ1) is 20.8. The zero-order valence-corrected chi connectivity index (χ0v) is 17.9. The van der Waals surface area contributed by atoms with Crippen molar-refractivity contribution in [3.05, 3.63) is 29.8 Å². The number of nitrogens with zero attached hydrogens (tertiary/aromatic N) is 5. The summed E-state index contributed by atoms with van der Waals surface area (Å²) < 4.78 is 10.9. The summed E-state index contributed by atoms with van der Waals surface area (Å²) >= 11 is 1.32. The second kappa shape index (κ2) is 10.1. The normalized spacial score (nSPS) is 17.1. The molecular formula is C20H26N6O3S. The summed E-state index contributed by atoms with van der Waals surface area (Å²) in [5.41, 5.74) is 1.93. The van der Waals surface area contributed by atoms with E-state index in [0.29, 0.717) is 43.5 Å². The molecule has 0 bridgehead atoms. The zero-order chi connectivity index (χ0) is 20.8. The number of thioether (sulfide) groups is 1. The molecular weight excluding hydrogens is 404 g/mol. The highest BCUT2D eigenvalue weighted by molar-refractivity contribution is 7.99. The number of carbonyl (C=O) groups is 1. The molecule has 30 heavy (non-hydrogen) atoms. The van der Waals surface area contributed by atoms with E-state index < -0.39 is 0 Å². The lowest BCUT2D eigenvalue weighted by molar-refractivity contribution is -0.113. The SMILES string of the molecule is Cc1ccc(NC(=O)CSc2nc(N3CCOCC3)nc(N3CCOCC3)n2)cc1. The first-order chi connectivity index (χ1) is 14.7.